The van der Waals surface area contributed by atoms with Crippen LogP contribution in [0.2, 0.25) is 0 Å². The van der Waals surface area contributed by atoms with Gasteiger partial charge in [0.05, 0.1) is 18.5 Å². The summed E-state index contributed by atoms with van der Waals surface area (Å²) in [4.78, 5) is 210. The fraction of sp³-hybridized carbons (Fsp3) is 0.653. The highest BCUT2D eigenvalue weighted by Gasteiger charge is 2.33. The highest BCUT2D eigenvalue weighted by molar-refractivity contribution is 6.09. The molecule has 2 aliphatic rings. The fourth-order valence-corrected chi connectivity index (χ4v) is 16.1. The lowest BCUT2D eigenvalue weighted by Gasteiger charge is -2.25. The first-order valence-corrected chi connectivity index (χ1v) is 50.6. The van der Waals surface area contributed by atoms with E-state index in [-0.39, 0.29) is 148 Å². The predicted molar refractivity (Wildman–Crippen MR) is 536 cm³/mol. The Morgan fingerprint density at radius 1 is 0.388 bits per heavy atom. The van der Waals surface area contributed by atoms with Crippen LogP contribution in [0.5, 0.6) is 5.75 Å². The quantitative estimate of drug-likeness (QED) is 0.00845. The summed E-state index contributed by atoms with van der Waals surface area (Å²) in [5, 5.41) is 71.3. The van der Waals surface area contributed by atoms with Gasteiger partial charge >= 0.3 is 17.9 Å². The zero-order chi connectivity index (χ0) is 102. The van der Waals surface area contributed by atoms with Gasteiger partial charge in [0, 0.05) is 93.1 Å². The van der Waals surface area contributed by atoms with Crippen LogP contribution in [0.25, 0.3) is 33.4 Å². The number of aliphatic imine (C=N–C) groups is 1. The van der Waals surface area contributed by atoms with Gasteiger partial charge in [-0.05, 0) is 184 Å². The number of carboxylic acids is 3. The first kappa shape index (κ1) is 121. The number of aromatic hydroxyl groups is 1. The number of nitrogens with two attached hydrogens (primary N) is 4. The van der Waals surface area contributed by atoms with Gasteiger partial charge in [-0.2, -0.15) is 0 Å². The molecule has 0 fully saturated rings. The lowest BCUT2D eigenvalue weighted by atomic mass is 9.90. The molecule has 38 heteroatoms. The number of aliphatic carboxylic acids is 2. The number of fused-ring (bicyclic) bond motifs is 2. The molecular weight excluding hydrogens is 1790 g/mol. The standard InChI is InChI=1S/C63H87N15O19.C38H76N2O2/c1-34(79)73-43(16-11-27-70-63(66)67)57(90)71-32-51(83)75-48(31-52(84)85)61(94)77-44(14-5-9-25-68-55(88)36-17-20-39(42(28-36)62(95)96)54-40-21-18-37(81)29-49(40)97-50-30-38(82)19-22-41(50)54)56(89)69-26-10-6-15-45(58(91)72-33-53(86)87)76-60(93)47(13-4-8-24-65)78-59(92)46(74-35(2)80)12-3-7-23-64;1-4-6-8-10-12-14-16-18-20-22-24-26-28-33-37(41)39-35-31-30-32-36(3)40-38(42)34-29-27-25-23-21-19-17-15-13-11-9-7-5-2/h17-22,28-30,43-48,81H,3-16,23-27,31-33,64-65H2,1-2H3,(H,68,88)(H,69,89)(H,71,90)(H,72,91)(H,73,79)(H,74,80)(H,75,83)(H,76,93)(H,77,94)(H,78,92)(H,84,85)(H,86,87)(H,95,96)(H4,66,67,70);36H,4-35H2,1-3H3,(H,39,41)(H,40,42)/t43-,44-,45-,46+,47+,48-;36-/m00/s1. The molecule has 38 nitrogen and oxygen atoms in total. The average molecular weight is 1950 g/mol. The molecule has 2 aromatic rings. The van der Waals surface area contributed by atoms with Gasteiger partial charge in [-0.15, -0.1) is 0 Å². The number of rotatable bonds is 77. The largest absolute Gasteiger partial charge is 0.508 e. The van der Waals surface area contributed by atoms with Crippen LogP contribution in [0, 0.1) is 0 Å². The van der Waals surface area contributed by atoms with Crippen LogP contribution in [-0.2, 0) is 62.3 Å². The van der Waals surface area contributed by atoms with Crippen molar-refractivity contribution in [2.75, 3.05) is 52.4 Å². The van der Waals surface area contributed by atoms with Crippen LogP contribution in [0.15, 0.2) is 68.8 Å². The lowest BCUT2D eigenvalue weighted by molar-refractivity contribution is -0.141. The van der Waals surface area contributed by atoms with Crippen LogP contribution in [0.1, 0.15) is 351 Å². The molecule has 0 radical (unpaired) electrons. The summed E-state index contributed by atoms with van der Waals surface area (Å²) >= 11 is 0. The maximum atomic E-state index is 14.1. The maximum absolute atomic E-state index is 14.1. The summed E-state index contributed by atoms with van der Waals surface area (Å²) in [6, 6.07) is 4.23. The molecule has 0 saturated heterocycles. The van der Waals surface area contributed by atoms with Crippen LogP contribution >= 0.6 is 0 Å². The Morgan fingerprint density at radius 2 is 0.813 bits per heavy atom. The smallest absolute Gasteiger partial charge is 0.336 e. The molecule has 1 aliphatic carbocycles. The van der Waals surface area contributed by atoms with Crippen molar-refractivity contribution in [2.24, 2.45) is 27.9 Å². The van der Waals surface area contributed by atoms with Crippen LogP contribution in [0.4, 0.5) is 0 Å². The minimum Gasteiger partial charge on any atom is -0.508 e. The van der Waals surface area contributed by atoms with E-state index in [9.17, 15) is 97.1 Å². The molecule has 0 aromatic heterocycles. The van der Waals surface area contributed by atoms with Crippen molar-refractivity contribution in [1.29, 1.82) is 0 Å². The Hall–Kier alpha value is -11.8. The number of carboxylic acid groups (broad SMARTS) is 3. The van der Waals surface area contributed by atoms with Crippen molar-refractivity contribution in [3.63, 3.8) is 0 Å². The number of benzene rings is 3. The number of aromatic carboxylic acids is 1. The second-order valence-electron chi connectivity index (χ2n) is 36.0. The van der Waals surface area contributed by atoms with Crippen LogP contribution < -0.4 is 92.2 Å². The molecule has 0 spiro atoms. The van der Waals surface area contributed by atoms with E-state index in [1.54, 1.807) is 0 Å². The van der Waals surface area contributed by atoms with E-state index < -0.39 is 138 Å². The Labute approximate surface area is 819 Å². The van der Waals surface area contributed by atoms with Crippen molar-refractivity contribution in [3.05, 3.63) is 75.9 Å². The van der Waals surface area contributed by atoms with Gasteiger partial charge in [0.2, 0.25) is 65.0 Å². The first-order valence-electron chi connectivity index (χ1n) is 50.6. The molecule has 4 rings (SSSR count). The SMILES string of the molecule is CC(=O)N[C@@H](CCCN=C(N)N)C(=O)NCC(=O)N[C@@H](CC(=O)O)C(=O)N[C@@H](CCCCNC(=O)c1ccc(-c2c3ccc(=O)cc-3oc3cc(O)ccc23)c(C(=O)O)c1)C(=O)NCCCC[C@H](NC(=O)[C@@H](CCCCN)NC(=O)[C@@H](CCCCN)NC(C)=O)C(=O)NCC(=O)O.CCCCCCCCCCCCCCCC(=O)NCCCC[C@H](C)NC(=O)CCCCCCCCCCCCCCC. The number of phenols is 1. The molecule has 12 amide bonds. The van der Waals surface area contributed by atoms with E-state index >= 15 is 0 Å². The number of amides is 12. The molecule has 0 unspecified atom stereocenters. The van der Waals surface area contributed by atoms with Gasteiger partial charge in [0.1, 0.15) is 59.9 Å². The van der Waals surface area contributed by atoms with Crippen molar-refractivity contribution < 1.29 is 96.8 Å². The van der Waals surface area contributed by atoms with E-state index in [2.05, 4.69) is 89.6 Å². The Morgan fingerprint density at radius 3 is 1.29 bits per heavy atom. The zero-order valence-electron chi connectivity index (χ0n) is 82.9. The predicted octanol–water partition coefficient (Wildman–Crippen LogP) is 9.95. The van der Waals surface area contributed by atoms with Crippen molar-refractivity contribution in [1.82, 2.24) is 63.8 Å². The minimum absolute atomic E-state index is 0.0409. The second-order valence-corrected chi connectivity index (χ2v) is 36.0. The van der Waals surface area contributed by atoms with E-state index in [0.717, 1.165) is 51.6 Å². The summed E-state index contributed by atoms with van der Waals surface area (Å²) in [7, 11) is 0. The number of carbonyl (C=O) groups is 15. The molecule has 1 heterocycles. The van der Waals surface area contributed by atoms with Crippen molar-refractivity contribution in [2.45, 2.75) is 372 Å². The second kappa shape index (κ2) is 73.3. The molecule has 1 aliphatic heterocycles. The highest BCUT2D eigenvalue weighted by Crippen LogP contribution is 2.42. The number of phenolic OH excluding ortho intramolecular Hbond substituents is 1. The van der Waals surface area contributed by atoms with Crippen molar-refractivity contribution in [3.8, 4) is 28.2 Å². The Kier molecular flexibility index (Phi) is 64.0. The molecule has 0 saturated carbocycles. The molecule has 778 valence electrons. The molecule has 0 bridgehead atoms. The normalized spacial score (nSPS) is 12.5. The summed E-state index contributed by atoms with van der Waals surface area (Å²) < 4.78 is 5.90. The zero-order valence-corrected chi connectivity index (χ0v) is 82.9. The van der Waals surface area contributed by atoms with Crippen molar-refractivity contribution >= 4 is 106 Å². The van der Waals surface area contributed by atoms with E-state index in [1.807, 2.05) is 0 Å². The third kappa shape index (κ3) is 54.9. The number of hydrogen-bond acceptors (Lipinski definition) is 21. The van der Waals surface area contributed by atoms with E-state index in [0.29, 0.717) is 61.6 Å². The molecule has 2 aromatic carbocycles. The third-order valence-electron chi connectivity index (χ3n) is 23.7. The fourth-order valence-electron chi connectivity index (χ4n) is 16.1. The van der Waals surface area contributed by atoms with Gasteiger partial charge in [-0.1, -0.05) is 174 Å². The number of unbranched alkanes of at least 4 members (excludes halogenated alkanes) is 29. The third-order valence-corrected chi connectivity index (χ3v) is 23.7. The number of hydrogen-bond donors (Lipinski definition) is 20. The van der Waals surface area contributed by atoms with Gasteiger partial charge in [0.25, 0.3) is 5.91 Å². The summed E-state index contributed by atoms with van der Waals surface area (Å²) in [5.41, 5.74) is 22.3. The lowest BCUT2D eigenvalue weighted by Crippen LogP contribution is -2.56. The first-order chi connectivity index (χ1) is 66.7. The summed E-state index contributed by atoms with van der Waals surface area (Å²) in [5.74, 6) is -12.2. The van der Waals surface area contributed by atoms with Gasteiger partial charge < -0.3 is 112 Å². The Balaban J connectivity index is 0.000000988. The number of guanidine groups is 1. The highest BCUT2D eigenvalue weighted by atomic mass is 16.4. The summed E-state index contributed by atoms with van der Waals surface area (Å²) in [6.45, 7) is 8.66. The summed E-state index contributed by atoms with van der Waals surface area (Å²) in [6.07, 6.45) is 40.5. The topological polar surface area (TPSA) is 628 Å². The minimum atomic E-state index is -1.84. The molecule has 24 N–H and O–H groups in total. The van der Waals surface area contributed by atoms with Gasteiger partial charge in [-0.25, -0.2) is 4.79 Å². The number of nitrogens with one attached hydrogen (secondary N) is 12. The number of carbonyl (C=O) groups excluding carboxylic acids is 12. The van der Waals surface area contributed by atoms with E-state index in [4.69, 9.17) is 27.4 Å². The monoisotopic (exact) mass is 1950 g/mol. The molecule has 7 atom stereocenters. The maximum Gasteiger partial charge on any atom is 0.336 e. The van der Waals surface area contributed by atoms with Crippen LogP contribution in [0.3, 0.4) is 0 Å². The van der Waals surface area contributed by atoms with Crippen LogP contribution in [-0.4, -0.2) is 210 Å². The number of nitrogens with zero attached hydrogens (tertiary/aromatic N) is 1. The molecule has 139 heavy (non-hydrogen) atoms. The van der Waals surface area contributed by atoms with E-state index in [1.165, 1.54) is 210 Å². The molecular formula is C101H163N17O21. The van der Waals surface area contributed by atoms with Gasteiger partial charge in [-0.3, -0.25) is 76.9 Å². The van der Waals surface area contributed by atoms with Gasteiger partial charge in [0.15, 0.2) is 11.4 Å². The average Bonchev–Trinajstić information content (AvgIpc) is 0.745. The Bertz CT molecular complexity index is 4470.